The fraction of sp³-hybridized carbons (Fsp3) is 0.273. The molecule has 0 atom stereocenters. The fourth-order valence-electron chi connectivity index (χ4n) is 3.21. The number of nitrogens with zero attached hydrogens (tertiary/aromatic N) is 2. The van der Waals surface area contributed by atoms with Crippen LogP contribution in [0.2, 0.25) is 0 Å². The van der Waals surface area contributed by atoms with Crippen LogP contribution in [0.5, 0.6) is 11.5 Å². The number of amides is 1. The summed E-state index contributed by atoms with van der Waals surface area (Å²) in [5.41, 5.74) is 2.33. The Balaban J connectivity index is 1.59. The lowest BCUT2D eigenvalue weighted by molar-refractivity contribution is 0.0735. The predicted molar refractivity (Wildman–Crippen MR) is 104 cm³/mol. The highest BCUT2D eigenvalue weighted by molar-refractivity contribution is 5.94. The van der Waals surface area contributed by atoms with Crippen LogP contribution in [0.4, 0.5) is 0 Å². The number of para-hydroxylation sites is 1. The second-order valence-corrected chi connectivity index (χ2v) is 6.66. The monoisotopic (exact) mass is 362 g/mol. The van der Waals surface area contributed by atoms with E-state index in [-0.39, 0.29) is 12.7 Å². The first kappa shape index (κ1) is 17.3. The van der Waals surface area contributed by atoms with Crippen molar-refractivity contribution in [3.8, 4) is 11.5 Å². The Labute approximate surface area is 158 Å². The third kappa shape index (κ3) is 3.72. The Morgan fingerprint density at radius 2 is 1.93 bits per heavy atom. The maximum Gasteiger partial charge on any atom is 0.272 e. The highest BCUT2D eigenvalue weighted by Crippen LogP contribution is 2.33. The zero-order valence-electron chi connectivity index (χ0n) is 15.4. The van der Waals surface area contributed by atoms with Gasteiger partial charge in [0.25, 0.3) is 5.91 Å². The molecule has 2 heterocycles. The van der Waals surface area contributed by atoms with E-state index in [2.05, 4.69) is 11.9 Å². The molecule has 1 aromatic heterocycles. The van der Waals surface area contributed by atoms with Gasteiger partial charge in [0, 0.05) is 18.5 Å². The van der Waals surface area contributed by atoms with Crippen LogP contribution in [0.3, 0.4) is 0 Å². The van der Waals surface area contributed by atoms with E-state index in [4.69, 9.17) is 9.47 Å². The third-order valence-electron chi connectivity index (χ3n) is 4.70. The largest absolute Gasteiger partial charge is 0.454 e. The Morgan fingerprint density at radius 3 is 2.81 bits per heavy atom. The molecule has 0 saturated heterocycles. The van der Waals surface area contributed by atoms with Gasteiger partial charge in [-0.3, -0.25) is 4.79 Å². The van der Waals surface area contributed by atoms with E-state index in [1.165, 1.54) is 0 Å². The van der Waals surface area contributed by atoms with E-state index in [0.29, 0.717) is 18.8 Å². The van der Waals surface area contributed by atoms with Crippen LogP contribution in [0.25, 0.3) is 10.9 Å². The van der Waals surface area contributed by atoms with Gasteiger partial charge in [0.15, 0.2) is 11.5 Å². The summed E-state index contributed by atoms with van der Waals surface area (Å²) >= 11 is 0. The molecule has 0 spiro atoms. The van der Waals surface area contributed by atoms with E-state index in [1.807, 2.05) is 59.5 Å². The Kier molecular flexibility index (Phi) is 4.92. The summed E-state index contributed by atoms with van der Waals surface area (Å²) in [4.78, 5) is 19.6. The molecule has 5 nitrogen and oxygen atoms in total. The lowest BCUT2D eigenvalue weighted by Gasteiger charge is -2.22. The van der Waals surface area contributed by atoms with Crippen molar-refractivity contribution in [1.29, 1.82) is 0 Å². The van der Waals surface area contributed by atoms with Crippen LogP contribution in [0.15, 0.2) is 54.6 Å². The molecule has 0 aliphatic carbocycles. The second-order valence-electron chi connectivity index (χ2n) is 6.66. The molecule has 3 aromatic rings. The van der Waals surface area contributed by atoms with Crippen molar-refractivity contribution in [1.82, 2.24) is 9.88 Å². The van der Waals surface area contributed by atoms with Crippen LogP contribution in [-0.4, -0.2) is 29.1 Å². The van der Waals surface area contributed by atoms with Crippen LogP contribution in [0, 0.1) is 0 Å². The van der Waals surface area contributed by atoms with Crippen LogP contribution >= 0.6 is 0 Å². The molecule has 138 valence electrons. The van der Waals surface area contributed by atoms with Gasteiger partial charge in [-0.2, -0.15) is 0 Å². The van der Waals surface area contributed by atoms with Gasteiger partial charge in [-0.1, -0.05) is 43.7 Å². The molecule has 0 saturated carbocycles. The van der Waals surface area contributed by atoms with E-state index < -0.39 is 0 Å². The van der Waals surface area contributed by atoms with E-state index in [0.717, 1.165) is 40.8 Å². The summed E-state index contributed by atoms with van der Waals surface area (Å²) in [7, 11) is 0. The Bertz CT molecular complexity index is 971. The number of ether oxygens (including phenoxy) is 2. The molecule has 0 bridgehead atoms. The fourth-order valence-corrected chi connectivity index (χ4v) is 3.21. The Hall–Kier alpha value is -3.08. The van der Waals surface area contributed by atoms with E-state index >= 15 is 0 Å². The van der Waals surface area contributed by atoms with Crippen molar-refractivity contribution >= 4 is 16.8 Å². The number of pyridine rings is 1. The summed E-state index contributed by atoms with van der Waals surface area (Å²) in [6, 6.07) is 17.4. The van der Waals surface area contributed by atoms with Crippen molar-refractivity contribution in [3.05, 3.63) is 65.9 Å². The zero-order valence-corrected chi connectivity index (χ0v) is 15.4. The first-order chi connectivity index (χ1) is 13.2. The molecule has 5 heteroatoms. The number of hydrogen-bond acceptors (Lipinski definition) is 4. The molecule has 4 rings (SSSR count). The van der Waals surface area contributed by atoms with Crippen LogP contribution < -0.4 is 9.47 Å². The summed E-state index contributed by atoms with van der Waals surface area (Å²) < 4.78 is 10.8. The maximum atomic E-state index is 13.1. The molecular formula is C22H22N2O3. The average molecular weight is 362 g/mol. The standard InChI is InChI=1S/C22H22N2O3/c1-2-3-12-24(14-16-8-11-20-21(13-16)27-15-26-20)22(25)19-10-9-17-6-4-5-7-18(17)23-19/h4-11,13H,2-3,12,14-15H2,1H3. The third-order valence-corrected chi connectivity index (χ3v) is 4.70. The number of unbranched alkanes of at least 4 members (excludes halogenated alkanes) is 1. The first-order valence-electron chi connectivity index (χ1n) is 9.28. The minimum Gasteiger partial charge on any atom is -0.454 e. The number of benzene rings is 2. The summed E-state index contributed by atoms with van der Waals surface area (Å²) in [5, 5.41) is 1.03. The number of hydrogen-bond donors (Lipinski definition) is 0. The summed E-state index contributed by atoms with van der Waals surface area (Å²) in [5.74, 6) is 1.44. The minimum absolute atomic E-state index is 0.0492. The van der Waals surface area contributed by atoms with Gasteiger partial charge >= 0.3 is 0 Å². The molecule has 0 fully saturated rings. The maximum absolute atomic E-state index is 13.1. The molecule has 0 unspecified atom stereocenters. The molecule has 1 aliphatic rings. The predicted octanol–water partition coefficient (Wildman–Crippen LogP) is 4.41. The number of aromatic nitrogens is 1. The van der Waals surface area contributed by atoms with Crippen molar-refractivity contribution in [2.24, 2.45) is 0 Å². The molecule has 27 heavy (non-hydrogen) atoms. The number of rotatable bonds is 6. The molecule has 0 radical (unpaired) electrons. The zero-order chi connectivity index (χ0) is 18.6. The van der Waals surface area contributed by atoms with Gasteiger partial charge in [0.1, 0.15) is 5.69 Å². The van der Waals surface area contributed by atoms with Gasteiger partial charge in [0.2, 0.25) is 6.79 Å². The Morgan fingerprint density at radius 1 is 1.07 bits per heavy atom. The lowest BCUT2D eigenvalue weighted by Crippen LogP contribution is -2.32. The molecule has 1 amide bonds. The second kappa shape index (κ2) is 7.66. The highest BCUT2D eigenvalue weighted by Gasteiger charge is 2.19. The van der Waals surface area contributed by atoms with Crippen molar-refractivity contribution in [2.45, 2.75) is 26.3 Å². The normalized spacial score (nSPS) is 12.3. The lowest BCUT2D eigenvalue weighted by atomic mass is 10.1. The quantitative estimate of drug-likeness (QED) is 0.652. The van der Waals surface area contributed by atoms with Gasteiger partial charge < -0.3 is 14.4 Å². The highest BCUT2D eigenvalue weighted by atomic mass is 16.7. The van der Waals surface area contributed by atoms with Crippen molar-refractivity contribution in [3.63, 3.8) is 0 Å². The van der Waals surface area contributed by atoms with E-state index in [1.54, 1.807) is 0 Å². The van der Waals surface area contributed by atoms with Gasteiger partial charge in [0.05, 0.1) is 5.52 Å². The van der Waals surface area contributed by atoms with E-state index in [9.17, 15) is 4.79 Å². The van der Waals surface area contributed by atoms with Crippen LogP contribution in [-0.2, 0) is 6.54 Å². The smallest absolute Gasteiger partial charge is 0.272 e. The number of fused-ring (bicyclic) bond motifs is 2. The molecular weight excluding hydrogens is 340 g/mol. The average Bonchev–Trinajstić information content (AvgIpc) is 3.18. The molecule has 2 aromatic carbocycles. The molecule has 1 aliphatic heterocycles. The summed E-state index contributed by atoms with van der Waals surface area (Å²) in [6.45, 7) is 3.58. The van der Waals surface area contributed by atoms with Gasteiger partial charge in [-0.25, -0.2) is 4.98 Å². The summed E-state index contributed by atoms with van der Waals surface area (Å²) in [6.07, 6.45) is 1.97. The van der Waals surface area contributed by atoms with Gasteiger partial charge in [-0.05, 0) is 36.2 Å². The van der Waals surface area contributed by atoms with Crippen molar-refractivity contribution < 1.29 is 14.3 Å². The van der Waals surface area contributed by atoms with Crippen molar-refractivity contribution in [2.75, 3.05) is 13.3 Å². The topological polar surface area (TPSA) is 51.7 Å². The SMILES string of the molecule is CCCCN(Cc1ccc2c(c1)OCO2)C(=O)c1ccc2ccccc2n1. The number of carbonyl (C=O) groups is 1. The number of carbonyl (C=O) groups excluding carboxylic acids is 1. The van der Waals surface area contributed by atoms with Gasteiger partial charge in [-0.15, -0.1) is 0 Å². The first-order valence-corrected chi connectivity index (χ1v) is 9.28. The van der Waals surface area contributed by atoms with Crippen LogP contribution in [0.1, 0.15) is 35.8 Å². The molecule has 0 N–H and O–H groups in total. The minimum atomic E-state index is -0.0492.